The van der Waals surface area contributed by atoms with Gasteiger partial charge >= 0.3 is 0 Å². The lowest BCUT2D eigenvalue weighted by Crippen LogP contribution is -2.21. The van der Waals surface area contributed by atoms with Gasteiger partial charge in [-0.05, 0) is 17.7 Å². The van der Waals surface area contributed by atoms with Gasteiger partial charge in [-0.3, -0.25) is 4.79 Å². The summed E-state index contributed by atoms with van der Waals surface area (Å²) in [6, 6.07) is 5.66. The van der Waals surface area contributed by atoms with E-state index in [1.165, 1.54) is 0 Å². The van der Waals surface area contributed by atoms with Crippen molar-refractivity contribution in [1.29, 1.82) is 0 Å². The van der Waals surface area contributed by atoms with E-state index in [0.29, 0.717) is 0 Å². The van der Waals surface area contributed by atoms with Crippen LogP contribution in [0.4, 0.5) is 0 Å². The van der Waals surface area contributed by atoms with E-state index in [4.69, 9.17) is 4.74 Å². The van der Waals surface area contributed by atoms with Crippen LogP contribution in [0.25, 0.3) is 0 Å². The fourth-order valence-electron chi connectivity index (χ4n) is 1.56. The Labute approximate surface area is 96.2 Å². The number of carbonyl (C=O) groups is 1. The van der Waals surface area contributed by atoms with E-state index < -0.39 is 0 Å². The molecule has 14 heavy (non-hydrogen) atoms. The SMILES string of the molecule is COc1ccc2c(c1)C(=O)N(CI)C2. The van der Waals surface area contributed by atoms with Crippen LogP contribution in [0.3, 0.4) is 0 Å². The highest BCUT2D eigenvalue weighted by molar-refractivity contribution is 14.1. The van der Waals surface area contributed by atoms with E-state index in [1.807, 2.05) is 23.1 Å². The standard InChI is InChI=1S/C10H10INO2/c1-14-8-3-2-7-5-12(6-11)10(13)9(7)4-8/h2-4H,5-6H2,1H3. The first-order chi connectivity index (χ1) is 6.76. The fourth-order valence-corrected chi connectivity index (χ4v) is 2.11. The van der Waals surface area contributed by atoms with Gasteiger partial charge in [0.25, 0.3) is 5.91 Å². The molecule has 1 aliphatic heterocycles. The number of halogens is 1. The zero-order valence-corrected chi connectivity index (χ0v) is 9.95. The highest BCUT2D eigenvalue weighted by Gasteiger charge is 2.26. The summed E-state index contributed by atoms with van der Waals surface area (Å²) in [5, 5.41) is 0. The number of methoxy groups -OCH3 is 1. The minimum absolute atomic E-state index is 0.105. The Morgan fingerprint density at radius 3 is 3.00 bits per heavy atom. The average molecular weight is 303 g/mol. The van der Waals surface area contributed by atoms with Gasteiger partial charge < -0.3 is 9.64 Å². The molecule has 0 radical (unpaired) electrons. The predicted molar refractivity (Wildman–Crippen MR) is 61.8 cm³/mol. The minimum Gasteiger partial charge on any atom is -0.497 e. The number of rotatable bonds is 2. The van der Waals surface area contributed by atoms with Gasteiger partial charge in [-0.1, -0.05) is 28.7 Å². The van der Waals surface area contributed by atoms with Gasteiger partial charge in [0.15, 0.2) is 0 Å². The van der Waals surface area contributed by atoms with Gasteiger partial charge in [0.1, 0.15) is 5.75 Å². The molecule has 4 heteroatoms. The Kier molecular flexibility index (Phi) is 2.62. The Hall–Kier alpha value is -0.780. The van der Waals surface area contributed by atoms with E-state index in [9.17, 15) is 4.79 Å². The molecule has 1 aromatic rings. The Morgan fingerprint density at radius 2 is 2.36 bits per heavy atom. The lowest BCUT2D eigenvalue weighted by Gasteiger charge is -2.09. The van der Waals surface area contributed by atoms with Crippen LogP contribution in [0.1, 0.15) is 15.9 Å². The van der Waals surface area contributed by atoms with Gasteiger partial charge in [0.2, 0.25) is 0 Å². The molecule has 1 aliphatic rings. The number of hydrogen-bond donors (Lipinski definition) is 0. The number of amides is 1. The van der Waals surface area contributed by atoms with Crippen LogP contribution < -0.4 is 4.74 Å². The lowest BCUT2D eigenvalue weighted by molar-refractivity contribution is 0.0812. The Bertz CT molecular complexity index is 378. The molecule has 0 saturated heterocycles. The van der Waals surface area contributed by atoms with Crippen molar-refractivity contribution in [2.75, 3.05) is 11.7 Å². The Balaban J connectivity index is 2.40. The molecular formula is C10H10INO2. The molecule has 0 atom stereocenters. The molecular weight excluding hydrogens is 293 g/mol. The van der Waals surface area contributed by atoms with Crippen molar-refractivity contribution >= 4 is 28.5 Å². The summed E-state index contributed by atoms with van der Waals surface area (Å²) < 4.78 is 5.81. The van der Waals surface area contributed by atoms with Crippen molar-refractivity contribution < 1.29 is 9.53 Å². The van der Waals surface area contributed by atoms with Gasteiger partial charge in [0.05, 0.1) is 11.7 Å². The molecule has 0 aliphatic carbocycles. The first-order valence-electron chi connectivity index (χ1n) is 4.28. The predicted octanol–water partition coefficient (Wildman–Crippen LogP) is 2.04. The van der Waals surface area contributed by atoms with E-state index in [2.05, 4.69) is 22.6 Å². The second-order valence-corrected chi connectivity index (χ2v) is 3.83. The van der Waals surface area contributed by atoms with Gasteiger partial charge in [-0.15, -0.1) is 0 Å². The first-order valence-corrected chi connectivity index (χ1v) is 5.81. The third kappa shape index (κ3) is 1.47. The quantitative estimate of drug-likeness (QED) is 0.475. The number of benzene rings is 1. The molecule has 2 rings (SSSR count). The summed E-state index contributed by atoms with van der Waals surface area (Å²) >= 11 is 2.19. The van der Waals surface area contributed by atoms with E-state index in [0.717, 1.165) is 28.0 Å². The van der Waals surface area contributed by atoms with Gasteiger partial charge in [-0.25, -0.2) is 0 Å². The van der Waals surface area contributed by atoms with Crippen LogP contribution in [0.2, 0.25) is 0 Å². The van der Waals surface area contributed by atoms with Crippen molar-refractivity contribution in [3.05, 3.63) is 29.3 Å². The zero-order chi connectivity index (χ0) is 10.1. The normalized spacial score (nSPS) is 14.4. The topological polar surface area (TPSA) is 29.5 Å². The monoisotopic (exact) mass is 303 g/mol. The minimum atomic E-state index is 0.105. The highest BCUT2D eigenvalue weighted by atomic mass is 127. The van der Waals surface area contributed by atoms with E-state index in [-0.39, 0.29) is 5.91 Å². The van der Waals surface area contributed by atoms with Crippen molar-refractivity contribution in [3.8, 4) is 5.75 Å². The molecule has 0 aromatic heterocycles. The summed E-state index contributed by atoms with van der Waals surface area (Å²) in [5.41, 5.74) is 1.87. The molecule has 0 fully saturated rings. The second-order valence-electron chi connectivity index (χ2n) is 3.15. The second kappa shape index (κ2) is 3.76. The summed E-state index contributed by atoms with van der Waals surface area (Å²) in [6.45, 7) is 0.723. The van der Waals surface area contributed by atoms with Gasteiger partial charge in [0, 0.05) is 12.1 Å². The first kappa shape index (κ1) is 9.76. The molecule has 1 amide bonds. The van der Waals surface area contributed by atoms with Gasteiger partial charge in [-0.2, -0.15) is 0 Å². The van der Waals surface area contributed by atoms with Crippen LogP contribution in [-0.4, -0.2) is 22.5 Å². The summed E-state index contributed by atoms with van der Waals surface area (Å²) in [6.07, 6.45) is 0. The Morgan fingerprint density at radius 1 is 1.57 bits per heavy atom. The van der Waals surface area contributed by atoms with Crippen molar-refractivity contribution in [2.45, 2.75) is 6.54 Å². The van der Waals surface area contributed by atoms with E-state index >= 15 is 0 Å². The van der Waals surface area contributed by atoms with Crippen molar-refractivity contribution in [1.82, 2.24) is 4.90 Å². The number of ether oxygens (including phenoxy) is 1. The van der Waals surface area contributed by atoms with Crippen LogP contribution in [-0.2, 0) is 6.54 Å². The number of hydrogen-bond acceptors (Lipinski definition) is 2. The molecule has 0 unspecified atom stereocenters. The van der Waals surface area contributed by atoms with Crippen LogP contribution >= 0.6 is 22.6 Å². The highest BCUT2D eigenvalue weighted by Crippen LogP contribution is 2.26. The van der Waals surface area contributed by atoms with E-state index in [1.54, 1.807) is 7.11 Å². The van der Waals surface area contributed by atoms with Crippen molar-refractivity contribution in [2.24, 2.45) is 0 Å². The molecule has 3 nitrogen and oxygen atoms in total. The molecule has 0 saturated carbocycles. The molecule has 0 N–H and O–H groups in total. The summed E-state index contributed by atoms with van der Waals surface area (Å²) in [4.78, 5) is 13.6. The van der Waals surface area contributed by atoms with Crippen LogP contribution in [0.15, 0.2) is 18.2 Å². The van der Waals surface area contributed by atoms with Crippen LogP contribution in [0.5, 0.6) is 5.75 Å². The maximum atomic E-state index is 11.8. The van der Waals surface area contributed by atoms with Crippen molar-refractivity contribution in [3.63, 3.8) is 0 Å². The lowest BCUT2D eigenvalue weighted by atomic mass is 10.1. The largest absolute Gasteiger partial charge is 0.497 e. The zero-order valence-electron chi connectivity index (χ0n) is 7.79. The fraction of sp³-hybridized carbons (Fsp3) is 0.300. The molecule has 0 bridgehead atoms. The molecule has 74 valence electrons. The number of carbonyl (C=O) groups excluding carboxylic acids is 1. The number of alkyl halides is 1. The molecule has 0 spiro atoms. The molecule has 1 heterocycles. The maximum Gasteiger partial charge on any atom is 0.255 e. The number of fused-ring (bicyclic) bond motifs is 1. The maximum absolute atomic E-state index is 11.8. The third-order valence-electron chi connectivity index (χ3n) is 2.34. The summed E-state index contributed by atoms with van der Waals surface area (Å²) in [7, 11) is 1.61. The van der Waals surface area contributed by atoms with Crippen LogP contribution in [0, 0.1) is 0 Å². The molecule has 1 aromatic carbocycles. The third-order valence-corrected chi connectivity index (χ3v) is 3.16. The average Bonchev–Trinajstić information content (AvgIpc) is 2.55. The summed E-state index contributed by atoms with van der Waals surface area (Å²) in [5.74, 6) is 0.848. The number of nitrogens with zero attached hydrogens (tertiary/aromatic N) is 1. The smallest absolute Gasteiger partial charge is 0.255 e.